The quantitative estimate of drug-likeness (QED) is 0.0846. The number of fused-ring (bicyclic) bond motifs is 6. The van der Waals surface area contributed by atoms with Crippen LogP contribution in [-0.4, -0.2) is 14.2 Å². The van der Waals surface area contributed by atoms with Crippen molar-refractivity contribution >= 4 is 111 Å². The zero-order valence-corrected chi connectivity index (χ0v) is 63.5. The van der Waals surface area contributed by atoms with E-state index in [0.717, 1.165) is 99.8 Å². The van der Waals surface area contributed by atoms with Gasteiger partial charge in [-0.2, -0.15) is 0 Å². The molecule has 0 saturated heterocycles. The molecule has 0 unspecified atom stereocenters. The molecule has 19 aromatic carbocycles. The molecule has 0 amide bonds. The summed E-state index contributed by atoms with van der Waals surface area (Å²) >= 11 is 0. The monoisotopic (exact) mass is 1460 g/mol. The fraction of sp³-hybridized carbons (Fsp3) is 0.0179. The van der Waals surface area contributed by atoms with E-state index in [4.69, 9.17) is 9.47 Å². The van der Waals surface area contributed by atoms with Gasteiger partial charge in [0, 0.05) is 11.1 Å². The van der Waals surface area contributed by atoms with Crippen LogP contribution in [0.3, 0.4) is 0 Å². The van der Waals surface area contributed by atoms with Gasteiger partial charge in [0.1, 0.15) is 11.5 Å². The van der Waals surface area contributed by atoms with Crippen LogP contribution in [0.25, 0.3) is 145 Å². The molecule has 0 aliphatic heterocycles. The number of rotatable bonds is 17. The Labute approximate surface area is 666 Å². The number of hydrogen-bond donors (Lipinski definition) is 0. The van der Waals surface area contributed by atoms with Crippen LogP contribution in [-0.2, 0) is 0 Å². The summed E-state index contributed by atoms with van der Waals surface area (Å²) in [4.78, 5) is 0. The van der Waals surface area contributed by atoms with Crippen LogP contribution < -0.4 is 9.47 Å². The van der Waals surface area contributed by atoms with Gasteiger partial charge in [-0.15, -0.1) is 0 Å². The van der Waals surface area contributed by atoms with Crippen LogP contribution in [0.1, 0.15) is 66.8 Å². The van der Waals surface area contributed by atoms with Crippen molar-refractivity contribution in [3.8, 4) is 44.9 Å². The maximum Gasteiger partial charge on any atom is 0.128 e. The van der Waals surface area contributed by atoms with Gasteiger partial charge in [-0.1, -0.05) is 413 Å². The van der Waals surface area contributed by atoms with Crippen molar-refractivity contribution in [2.75, 3.05) is 14.2 Å². The minimum absolute atomic E-state index is 0.784. The number of benzene rings is 19. The third-order valence-corrected chi connectivity index (χ3v) is 22.0. The first-order chi connectivity index (χ1) is 56.5. The Hall–Kier alpha value is -14.7. The topological polar surface area (TPSA) is 18.5 Å². The maximum absolute atomic E-state index is 6.30. The number of hydrogen-bond acceptors (Lipinski definition) is 2. The first-order valence-electron chi connectivity index (χ1n) is 39.0. The van der Waals surface area contributed by atoms with Crippen LogP contribution in [0.4, 0.5) is 0 Å². The average Bonchev–Trinajstić information content (AvgIpc) is 0.743. The van der Waals surface area contributed by atoms with Crippen molar-refractivity contribution in [2.24, 2.45) is 0 Å². The van der Waals surface area contributed by atoms with Crippen LogP contribution in [0.15, 0.2) is 425 Å². The first-order valence-corrected chi connectivity index (χ1v) is 39.0. The third-order valence-electron chi connectivity index (χ3n) is 22.0. The molecular weight excluding hydrogens is 1380 g/mol. The van der Waals surface area contributed by atoms with Gasteiger partial charge < -0.3 is 9.47 Å². The Morgan fingerprint density at radius 1 is 0.193 bits per heavy atom. The lowest BCUT2D eigenvalue weighted by atomic mass is 9.87. The van der Waals surface area contributed by atoms with E-state index in [9.17, 15) is 0 Å². The second-order valence-corrected chi connectivity index (χ2v) is 28.7. The molecule has 114 heavy (non-hydrogen) atoms. The molecule has 19 rings (SSSR count). The summed E-state index contributed by atoms with van der Waals surface area (Å²) in [6.07, 6.45) is 9.27. The van der Waals surface area contributed by atoms with E-state index in [-0.39, 0.29) is 0 Å². The largest absolute Gasteiger partial charge is 0.496 e. The SMILES string of the molecule is C(=C(c1ccccc1)c1ccc(-c2cccc3ccccc23)c2ccccc12)c1ccc(C=C(c2ccccc2)c2ccc(-c3cccc4ccccc34)c3ccccc23)cc1.COc1cc(C=C(c2ccccc2)c2ccccc2)c2ccccc2c1-c1c(OC)cc(C=C(c2ccccc2)c2ccccc2)c2ccccc12. The second kappa shape index (κ2) is 32.5. The average molecular weight is 1460 g/mol. The zero-order chi connectivity index (χ0) is 76.5. The Kier molecular flexibility index (Phi) is 20.2. The van der Waals surface area contributed by atoms with E-state index in [1.165, 1.54) is 98.7 Å². The predicted octanol–water partition coefficient (Wildman–Crippen LogP) is 29.7. The molecule has 0 fully saturated rings. The van der Waals surface area contributed by atoms with E-state index < -0.39 is 0 Å². The number of methoxy groups -OCH3 is 2. The van der Waals surface area contributed by atoms with Crippen molar-refractivity contribution in [1.82, 2.24) is 0 Å². The van der Waals surface area contributed by atoms with E-state index in [2.05, 4.69) is 449 Å². The molecule has 0 bridgehead atoms. The van der Waals surface area contributed by atoms with E-state index in [1.807, 2.05) is 0 Å². The molecule has 0 N–H and O–H groups in total. The molecule has 0 atom stereocenters. The number of ether oxygens (including phenoxy) is 2. The lowest BCUT2D eigenvalue weighted by molar-refractivity contribution is 0.411. The standard InChI is InChI=1S/C62H42.C50H38O2/c1-3-17-47(18-4-1)61(59-39-37-57(53-27-11-13-29-55(53)59)51-31-15-23-45-21-7-9-25-49(45)51)41-43-33-35-44(36-34-43)42-62(48-19-5-2-6-20-48)60-40-38-58(54-28-12-14-30-56(54)60)52-32-16-24-46-22-8-10-26-50(46)52;1-51-47-33-39(31-45(35-19-7-3-8-20-35)36-21-9-4-10-22-36)41-27-15-17-29-43(41)49(47)50-44-30-18-16-28-42(44)40(34-48(50)52-2)32-46(37-23-11-5-12-24-37)38-25-13-6-14-26-38/h1-42H;3-34H,1-2H3. The summed E-state index contributed by atoms with van der Waals surface area (Å²) in [6, 6.07) is 152. The van der Waals surface area contributed by atoms with Gasteiger partial charge in [-0.3, -0.25) is 0 Å². The fourth-order valence-corrected chi connectivity index (χ4v) is 16.6. The summed E-state index contributed by atoms with van der Waals surface area (Å²) in [7, 11) is 3.52. The van der Waals surface area contributed by atoms with Crippen molar-refractivity contribution in [3.63, 3.8) is 0 Å². The Balaban J connectivity index is 0.000000161. The van der Waals surface area contributed by atoms with E-state index in [1.54, 1.807) is 14.2 Å². The van der Waals surface area contributed by atoms with E-state index >= 15 is 0 Å². The minimum atomic E-state index is 0.784. The summed E-state index contributed by atoms with van der Waals surface area (Å²) in [6.45, 7) is 0. The smallest absolute Gasteiger partial charge is 0.128 e. The lowest BCUT2D eigenvalue weighted by Gasteiger charge is -2.21. The van der Waals surface area contributed by atoms with Crippen molar-refractivity contribution in [1.29, 1.82) is 0 Å². The Morgan fingerprint density at radius 2 is 0.447 bits per heavy atom. The fourth-order valence-electron chi connectivity index (χ4n) is 16.6. The summed E-state index contributed by atoms with van der Waals surface area (Å²) < 4.78 is 12.6. The summed E-state index contributed by atoms with van der Waals surface area (Å²) in [5.74, 6) is 1.57. The van der Waals surface area contributed by atoms with Crippen molar-refractivity contribution in [3.05, 3.63) is 491 Å². The van der Waals surface area contributed by atoms with Gasteiger partial charge in [-0.25, -0.2) is 0 Å². The lowest BCUT2D eigenvalue weighted by Crippen LogP contribution is -1.98. The maximum atomic E-state index is 6.30. The Bertz CT molecular complexity index is 6350. The predicted molar refractivity (Wildman–Crippen MR) is 487 cm³/mol. The third kappa shape index (κ3) is 14.3. The summed E-state index contributed by atoms with van der Waals surface area (Å²) in [5.41, 5.74) is 25.6. The highest BCUT2D eigenvalue weighted by Gasteiger charge is 2.24. The molecule has 540 valence electrons. The van der Waals surface area contributed by atoms with Crippen LogP contribution in [0, 0.1) is 0 Å². The van der Waals surface area contributed by atoms with Gasteiger partial charge >= 0.3 is 0 Å². The van der Waals surface area contributed by atoms with Crippen LogP contribution in [0.2, 0.25) is 0 Å². The molecule has 0 spiro atoms. The highest BCUT2D eigenvalue weighted by molar-refractivity contribution is 6.17. The van der Waals surface area contributed by atoms with Crippen molar-refractivity contribution in [2.45, 2.75) is 0 Å². The molecule has 2 nitrogen and oxygen atoms in total. The van der Waals surface area contributed by atoms with Gasteiger partial charge in [0.05, 0.1) is 14.2 Å². The van der Waals surface area contributed by atoms with Gasteiger partial charge in [0.15, 0.2) is 0 Å². The molecular formula is C112H80O2. The molecule has 0 aliphatic rings. The highest BCUT2D eigenvalue weighted by atomic mass is 16.5. The molecule has 0 saturated carbocycles. The summed E-state index contributed by atoms with van der Waals surface area (Å²) in [5, 5.41) is 14.4. The van der Waals surface area contributed by atoms with Gasteiger partial charge in [0.25, 0.3) is 0 Å². The van der Waals surface area contributed by atoms with Crippen LogP contribution >= 0.6 is 0 Å². The van der Waals surface area contributed by atoms with Crippen molar-refractivity contribution < 1.29 is 9.47 Å². The highest BCUT2D eigenvalue weighted by Crippen LogP contribution is 2.50. The van der Waals surface area contributed by atoms with Crippen LogP contribution in [0.5, 0.6) is 11.5 Å². The first kappa shape index (κ1) is 70.9. The molecule has 19 aromatic rings. The molecule has 2 heteroatoms. The van der Waals surface area contributed by atoms with Gasteiger partial charge in [-0.05, 0) is 212 Å². The molecule has 0 aromatic heterocycles. The molecule has 0 heterocycles. The minimum Gasteiger partial charge on any atom is -0.496 e. The molecule has 0 aliphatic carbocycles. The normalized spacial score (nSPS) is 11.5. The van der Waals surface area contributed by atoms with Gasteiger partial charge in [0.2, 0.25) is 0 Å². The molecule has 0 radical (unpaired) electrons. The Morgan fingerprint density at radius 3 is 0.772 bits per heavy atom. The second-order valence-electron chi connectivity index (χ2n) is 28.7. The van der Waals surface area contributed by atoms with E-state index in [0.29, 0.717) is 0 Å². The zero-order valence-electron chi connectivity index (χ0n) is 63.5.